The molecule has 0 aliphatic rings. The summed E-state index contributed by atoms with van der Waals surface area (Å²) in [6.07, 6.45) is 1.89. The number of para-hydroxylation sites is 1. The molecule has 27 heavy (non-hydrogen) atoms. The Morgan fingerprint density at radius 1 is 0.963 bits per heavy atom. The second kappa shape index (κ2) is 7.60. The number of hydrogen-bond acceptors (Lipinski definition) is 4. The molecule has 4 aromatic rings. The molecule has 1 aromatic heterocycles. The number of hydrogen-bond donors (Lipinski definition) is 0. The van der Waals surface area contributed by atoms with E-state index in [4.69, 9.17) is 9.84 Å². The van der Waals surface area contributed by atoms with Crippen LogP contribution >= 0.6 is 11.3 Å². The van der Waals surface area contributed by atoms with Gasteiger partial charge in [0.25, 0.3) is 0 Å². The molecule has 0 N–H and O–H groups in total. The molecule has 0 saturated carbocycles. The lowest BCUT2D eigenvalue weighted by Gasteiger charge is -2.08. The Hall–Kier alpha value is -3.18. The van der Waals surface area contributed by atoms with Crippen molar-refractivity contribution in [2.24, 2.45) is 10.1 Å². The minimum Gasteiger partial charge on any atom is -0.496 e. The summed E-state index contributed by atoms with van der Waals surface area (Å²) in [7, 11) is 3.46. The van der Waals surface area contributed by atoms with Crippen molar-refractivity contribution < 1.29 is 4.74 Å². The van der Waals surface area contributed by atoms with Crippen LogP contribution < -0.4 is 9.54 Å². The Morgan fingerprint density at radius 2 is 1.74 bits per heavy atom. The van der Waals surface area contributed by atoms with Crippen LogP contribution in [0.1, 0.15) is 5.56 Å². The molecule has 0 amide bonds. The van der Waals surface area contributed by atoms with E-state index in [1.165, 1.54) is 10.8 Å². The first-order valence-corrected chi connectivity index (χ1v) is 9.48. The first kappa shape index (κ1) is 17.2. The Labute approximate surface area is 161 Å². The van der Waals surface area contributed by atoms with E-state index in [1.54, 1.807) is 25.5 Å². The van der Waals surface area contributed by atoms with Gasteiger partial charge in [-0.15, -0.1) is 11.3 Å². The summed E-state index contributed by atoms with van der Waals surface area (Å²) in [6, 6.07) is 22.5. The normalized spacial score (nSPS) is 12.1. The number of nitrogens with zero attached hydrogens (tertiary/aromatic N) is 3. The standard InChI is InChI=1S/C22H19N3OS/c1-23-22-25(20(15-27-22)19-12-5-6-13-21(19)26-2)24-14-17-10-7-9-16-8-3-4-11-18(16)17/h3-15H,1-2H3. The second-order valence-corrected chi connectivity index (χ2v) is 6.79. The first-order valence-electron chi connectivity index (χ1n) is 8.60. The van der Waals surface area contributed by atoms with Crippen molar-refractivity contribution in [3.63, 3.8) is 0 Å². The summed E-state index contributed by atoms with van der Waals surface area (Å²) in [6.45, 7) is 0. The zero-order chi connectivity index (χ0) is 18.6. The van der Waals surface area contributed by atoms with Gasteiger partial charge in [0, 0.05) is 23.6 Å². The average molecular weight is 373 g/mol. The fraction of sp³-hybridized carbons (Fsp3) is 0.0909. The second-order valence-electron chi connectivity index (χ2n) is 5.95. The van der Waals surface area contributed by atoms with Crippen LogP contribution in [-0.4, -0.2) is 25.0 Å². The molecule has 5 heteroatoms. The van der Waals surface area contributed by atoms with E-state index in [2.05, 4.69) is 34.6 Å². The number of aromatic nitrogens is 1. The highest BCUT2D eigenvalue weighted by atomic mass is 32.1. The molecule has 134 valence electrons. The van der Waals surface area contributed by atoms with E-state index in [-0.39, 0.29) is 0 Å². The molecule has 0 atom stereocenters. The molecule has 0 spiro atoms. The Bertz CT molecular complexity index is 1180. The summed E-state index contributed by atoms with van der Waals surface area (Å²) >= 11 is 1.56. The third-order valence-corrected chi connectivity index (χ3v) is 5.30. The van der Waals surface area contributed by atoms with Crippen molar-refractivity contribution >= 4 is 28.3 Å². The largest absolute Gasteiger partial charge is 0.496 e. The predicted octanol–water partition coefficient (Wildman–Crippen LogP) is 4.79. The van der Waals surface area contributed by atoms with E-state index >= 15 is 0 Å². The SMILES string of the molecule is CN=c1scc(-c2ccccc2OC)n1N=Cc1cccc2ccccc12. The summed E-state index contributed by atoms with van der Waals surface area (Å²) in [5.74, 6) is 0.812. The summed E-state index contributed by atoms with van der Waals surface area (Å²) < 4.78 is 7.39. The average Bonchev–Trinajstić information content (AvgIpc) is 3.14. The Kier molecular flexibility index (Phi) is 4.85. The maximum Gasteiger partial charge on any atom is 0.205 e. The molecule has 0 aliphatic heterocycles. The van der Waals surface area contributed by atoms with Crippen molar-refractivity contribution in [2.45, 2.75) is 0 Å². The van der Waals surface area contributed by atoms with Gasteiger partial charge >= 0.3 is 0 Å². The van der Waals surface area contributed by atoms with E-state index in [9.17, 15) is 0 Å². The quantitative estimate of drug-likeness (QED) is 0.474. The van der Waals surface area contributed by atoms with Crippen LogP contribution in [0.3, 0.4) is 0 Å². The minimum atomic E-state index is 0.812. The number of methoxy groups -OCH3 is 1. The van der Waals surface area contributed by atoms with Crippen molar-refractivity contribution in [3.05, 3.63) is 82.5 Å². The van der Waals surface area contributed by atoms with Gasteiger partial charge in [0.05, 0.1) is 19.0 Å². The topological polar surface area (TPSA) is 38.9 Å². The molecular weight excluding hydrogens is 354 g/mol. The van der Waals surface area contributed by atoms with Gasteiger partial charge in [-0.1, -0.05) is 54.6 Å². The van der Waals surface area contributed by atoms with Crippen molar-refractivity contribution in [1.29, 1.82) is 0 Å². The number of ether oxygens (including phenoxy) is 1. The maximum absolute atomic E-state index is 5.53. The van der Waals surface area contributed by atoms with Crippen LogP contribution in [-0.2, 0) is 0 Å². The van der Waals surface area contributed by atoms with Crippen LogP contribution in [0.5, 0.6) is 5.75 Å². The van der Waals surface area contributed by atoms with Crippen molar-refractivity contribution in [3.8, 4) is 17.0 Å². The Balaban J connectivity index is 1.85. The first-order chi connectivity index (χ1) is 13.3. The molecule has 4 nitrogen and oxygen atoms in total. The molecule has 1 heterocycles. The lowest BCUT2D eigenvalue weighted by molar-refractivity contribution is 0.416. The molecule has 3 aromatic carbocycles. The van der Waals surface area contributed by atoms with Crippen molar-refractivity contribution in [1.82, 2.24) is 4.68 Å². The lowest BCUT2D eigenvalue weighted by atomic mass is 10.1. The van der Waals surface area contributed by atoms with E-state index in [0.717, 1.165) is 27.4 Å². The van der Waals surface area contributed by atoms with Crippen LogP contribution in [0.4, 0.5) is 0 Å². The fourth-order valence-corrected chi connectivity index (χ4v) is 3.88. The van der Waals surface area contributed by atoms with E-state index < -0.39 is 0 Å². The summed E-state index contributed by atoms with van der Waals surface area (Å²) in [5.41, 5.74) is 3.01. The van der Waals surface area contributed by atoms with E-state index in [1.807, 2.05) is 53.4 Å². The molecule has 0 bridgehead atoms. The van der Waals surface area contributed by atoms with Crippen LogP contribution in [0.2, 0.25) is 0 Å². The number of fused-ring (bicyclic) bond motifs is 1. The maximum atomic E-state index is 5.53. The molecular formula is C22H19N3OS. The van der Waals surface area contributed by atoms with Gasteiger partial charge < -0.3 is 4.74 Å². The van der Waals surface area contributed by atoms with Gasteiger partial charge in [-0.05, 0) is 22.9 Å². The lowest BCUT2D eigenvalue weighted by Crippen LogP contribution is -2.11. The van der Waals surface area contributed by atoms with Gasteiger partial charge in [-0.25, -0.2) is 4.68 Å². The molecule has 0 aliphatic carbocycles. The van der Waals surface area contributed by atoms with Gasteiger partial charge in [-0.2, -0.15) is 5.10 Å². The van der Waals surface area contributed by atoms with Crippen LogP contribution in [0, 0.1) is 0 Å². The van der Waals surface area contributed by atoms with Gasteiger partial charge in [-0.3, -0.25) is 4.99 Å². The fourth-order valence-electron chi connectivity index (χ4n) is 3.09. The monoisotopic (exact) mass is 373 g/mol. The van der Waals surface area contributed by atoms with Gasteiger partial charge in [0.15, 0.2) is 0 Å². The number of thiazole rings is 1. The highest BCUT2D eigenvalue weighted by molar-refractivity contribution is 7.07. The van der Waals surface area contributed by atoms with Crippen LogP contribution in [0.25, 0.3) is 22.0 Å². The number of benzene rings is 3. The smallest absolute Gasteiger partial charge is 0.205 e. The van der Waals surface area contributed by atoms with Crippen molar-refractivity contribution in [2.75, 3.05) is 14.2 Å². The highest BCUT2D eigenvalue weighted by Crippen LogP contribution is 2.30. The molecule has 4 rings (SSSR count). The molecule has 0 radical (unpaired) electrons. The van der Waals surface area contributed by atoms with Gasteiger partial charge in [0.1, 0.15) is 5.75 Å². The van der Waals surface area contributed by atoms with E-state index in [0.29, 0.717) is 0 Å². The summed E-state index contributed by atoms with van der Waals surface area (Å²) in [5, 5.41) is 9.19. The number of rotatable bonds is 4. The third-order valence-electron chi connectivity index (χ3n) is 4.40. The zero-order valence-electron chi connectivity index (χ0n) is 15.2. The summed E-state index contributed by atoms with van der Waals surface area (Å²) in [4.78, 5) is 5.20. The molecule has 0 fully saturated rings. The van der Waals surface area contributed by atoms with Crippen LogP contribution in [0.15, 0.2) is 82.2 Å². The molecule has 0 saturated heterocycles. The predicted molar refractivity (Wildman–Crippen MR) is 113 cm³/mol. The highest BCUT2D eigenvalue weighted by Gasteiger charge is 2.11. The van der Waals surface area contributed by atoms with Gasteiger partial charge in [0.2, 0.25) is 4.80 Å². The third kappa shape index (κ3) is 3.29. The Morgan fingerprint density at radius 3 is 2.59 bits per heavy atom. The zero-order valence-corrected chi connectivity index (χ0v) is 16.0. The molecule has 0 unspecified atom stereocenters. The minimum absolute atomic E-state index is 0.812.